The Morgan fingerprint density at radius 3 is 2.53 bits per heavy atom. The fraction of sp³-hybridized carbons (Fsp3) is 0.217. The number of aromatic nitrogens is 1. The van der Waals surface area contributed by atoms with E-state index in [4.69, 9.17) is 11.6 Å². The zero-order valence-electron chi connectivity index (χ0n) is 17.5. The summed E-state index contributed by atoms with van der Waals surface area (Å²) in [4.78, 5) is 16.6. The van der Waals surface area contributed by atoms with Crippen molar-refractivity contribution in [3.05, 3.63) is 89.2 Å². The largest absolute Gasteiger partial charge is 0.394 e. The van der Waals surface area contributed by atoms with Gasteiger partial charge in [-0.3, -0.25) is 14.1 Å². The van der Waals surface area contributed by atoms with Gasteiger partial charge in [-0.2, -0.15) is 0 Å². The Labute approximate surface area is 192 Å². The molecule has 0 radical (unpaired) electrons. The summed E-state index contributed by atoms with van der Waals surface area (Å²) in [5.74, 6) is -0.391. The molecular formula is C23H24ClN3O4S. The molecule has 2 N–H and O–H groups in total. The van der Waals surface area contributed by atoms with Crippen LogP contribution in [0.1, 0.15) is 29.3 Å². The van der Waals surface area contributed by atoms with Gasteiger partial charge in [0.25, 0.3) is 15.9 Å². The van der Waals surface area contributed by atoms with Crippen LogP contribution in [0.15, 0.2) is 78.0 Å². The van der Waals surface area contributed by atoms with Crippen molar-refractivity contribution in [2.24, 2.45) is 0 Å². The molecule has 0 aliphatic carbocycles. The highest BCUT2D eigenvalue weighted by molar-refractivity contribution is 7.92. The molecule has 168 valence electrons. The number of benzene rings is 2. The van der Waals surface area contributed by atoms with Crippen LogP contribution in [0.3, 0.4) is 0 Å². The lowest BCUT2D eigenvalue weighted by atomic mass is 10.1. The van der Waals surface area contributed by atoms with E-state index < -0.39 is 15.9 Å². The van der Waals surface area contributed by atoms with Crippen LogP contribution in [0.5, 0.6) is 0 Å². The molecule has 0 spiro atoms. The normalized spacial score (nSPS) is 12.2. The predicted molar refractivity (Wildman–Crippen MR) is 124 cm³/mol. The Kier molecular flexibility index (Phi) is 7.84. The topological polar surface area (TPSA) is 99.6 Å². The van der Waals surface area contributed by atoms with Crippen molar-refractivity contribution in [3.63, 3.8) is 0 Å². The fourth-order valence-electron chi connectivity index (χ4n) is 3.05. The molecule has 9 heteroatoms. The summed E-state index contributed by atoms with van der Waals surface area (Å²) >= 11 is 5.97. The molecular weight excluding hydrogens is 450 g/mol. The Bertz CT molecular complexity index is 1150. The van der Waals surface area contributed by atoms with Gasteiger partial charge in [-0.05, 0) is 54.4 Å². The van der Waals surface area contributed by atoms with Gasteiger partial charge in [0.15, 0.2) is 0 Å². The van der Waals surface area contributed by atoms with Gasteiger partial charge < -0.3 is 10.4 Å². The van der Waals surface area contributed by atoms with Crippen LogP contribution >= 0.6 is 11.6 Å². The quantitative estimate of drug-likeness (QED) is 0.494. The van der Waals surface area contributed by atoms with E-state index in [0.717, 1.165) is 5.56 Å². The average molecular weight is 474 g/mol. The minimum Gasteiger partial charge on any atom is -0.394 e. The van der Waals surface area contributed by atoms with Gasteiger partial charge in [0.2, 0.25) is 0 Å². The van der Waals surface area contributed by atoms with Gasteiger partial charge in [0.1, 0.15) is 4.90 Å². The van der Waals surface area contributed by atoms with Gasteiger partial charge >= 0.3 is 0 Å². The van der Waals surface area contributed by atoms with Crippen molar-refractivity contribution in [3.8, 4) is 0 Å². The molecule has 1 unspecified atom stereocenters. The number of hydrogen-bond acceptors (Lipinski definition) is 5. The molecule has 0 fully saturated rings. The predicted octanol–water partition coefficient (Wildman–Crippen LogP) is 3.63. The standard InChI is InChI=1S/C23H24ClN3O4S/c1-2-20(16-28)26-23(29)18-5-3-6-21(13-18)27(15-17-8-10-19(24)11-9-17)32(30,31)22-7-4-12-25-14-22/h3-14,20,28H,2,15-16H2,1H3,(H,26,29). The monoisotopic (exact) mass is 473 g/mol. The molecule has 0 bridgehead atoms. The molecule has 0 saturated heterocycles. The highest BCUT2D eigenvalue weighted by Gasteiger charge is 2.26. The van der Waals surface area contributed by atoms with Crippen molar-refractivity contribution < 1.29 is 18.3 Å². The number of nitrogens with one attached hydrogen (secondary N) is 1. The van der Waals surface area contributed by atoms with Crippen molar-refractivity contribution in [1.82, 2.24) is 10.3 Å². The zero-order valence-corrected chi connectivity index (χ0v) is 19.1. The third-order valence-corrected chi connectivity index (χ3v) is 6.92. The summed E-state index contributed by atoms with van der Waals surface area (Å²) < 4.78 is 28.2. The number of anilines is 1. The third kappa shape index (κ3) is 5.64. The molecule has 1 atom stereocenters. The van der Waals surface area contributed by atoms with Gasteiger partial charge in [0.05, 0.1) is 24.9 Å². The Balaban J connectivity index is 2.02. The van der Waals surface area contributed by atoms with E-state index >= 15 is 0 Å². The van der Waals surface area contributed by atoms with Crippen LogP contribution in [-0.2, 0) is 16.6 Å². The highest BCUT2D eigenvalue weighted by Crippen LogP contribution is 2.27. The Morgan fingerprint density at radius 1 is 1.16 bits per heavy atom. The molecule has 3 aromatic rings. The first-order chi connectivity index (χ1) is 15.3. The van der Waals surface area contributed by atoms with Crippen LogP contribution in [0.2, 0.25) is 5.02 Å². The maximum atomic E-state index is 13.5. The SMILES string of the molecule is CCC(CO)NC(=O)c1cccc(N(Cc2ccc(Cl)cc2)S(=O)(=O)c2cccnc2)c1. The number of pyridine rings is 1. The Morgan fingerprint density at radius 2 is 1.91 bits per heavy atom. The first kappa shape index (κ1) is 23.7. The molecule has 1 amide bonds. The van der Waals surface area contributed by atoms with E-state index in [1.165, 1.54) is 28.8 Å². The molecule has 0 aliphatic heterocycles. The lowest BCUT2D eigenvalue weighted by Gasteiger charge is -2.25. The number of carbonyl (C=O) groups excluding carboxylic acids is 1. The van der Waals surface area contributed by atoms with Crippen LogP contribution in [0.25, 0.3) is 0 Å². The van der Waals surface area contributed by atoms with Crippen LogP contribution < -0.4 is 9.62 Å². The summed E-state index contributed by atoms with van der Waals surface area (Å²) in [6, 6.07) is 15.9. The maximum absolute atomic E-state index is 13.5. The third-order valence-electron chi connectivity index (χ3n) is 4.91. The molecule has 0 aliphatic rings. The number of carbonyl (C=O) groups is 1. The van der Waals surface area contributed by atoms with E-state index in [0.29, 0.717) is 17.1 Å². The lowest BCUT2D eigenvalue weighted by Crippen LogP contribution is -2.37. The fourth-order valence-corrected chi connectivity index (χ4v) is 4.58. The summed E-state index contributed by atoms with van der Waals surface area (Å²) in [6.45, 7) is 1.71. The number of sulfonamides is 1. The second-order valence-electron chi connectivity index (χ2n) is 7.14. The van der Waals surface area contributed by atoms with E-state index in [9.17, 15) is 18.3 Å². The molecule has 2 aromatic carbocycles. The smallest absolute Gasteiger partial charge is 0.266 e. The molecule has 3 rings (SSSR count). The molecule has 7 nitrogen and oxygen atoms in total. The Hall–Kier alpha value is -2.94. The average Bonchev–Trinajstić information content (AvgIpc) is 2.82. The van der Waals surface area contributed by atoms with Crippen molar-refractivity contribution in [2.75, 3.05) is 10.9 Å². The van der Waals surface area contributed by atoms with E-state index in [-0.39, 0.29) is 29.7 Å². The highest BCUT2D eigenvalue weighted by atomic mass is 35.5. The van der Waals surface area contributed by atoms with E-state index in [2.05, 4.69) is 10.3 Å². The second-order valence-corrected chi connectivity index (χ2v) is 9.44. The van der Waals surface area contributed by atoms with Gasteiger partial charge in [0, 0.05) is 23.0 Å². The van der Waals surface area contributed by atoms with Crippen molar-refractivity contribution >= 4 is 33.2 Å². The van der Waals surface area contributed by atoms with Crippen LogP contribution in [-0.4, -0.2) is 37.1 Å². The number of amides is 1. The molecule has 1 heterocycles. The van der Waals surface area contributed by atoms with Gasteiger partial charge in [-0.25, -0.2) is 8.42 Å². The summed E-state index contributed by atoms with van der Waals surface area (Å²) in [5, 5.41) is 12.7. The minimum atomic E-state index is -3.97. The van der Waals surface area contributed by atoms with E-state index in [1.807, 2.05) is 6.92 Å². The van der Waals surface area contributed by atoms with Gasteiger partial charge in [-0.15, -0.1) is 0 Å². The van der Waals surface area contributed by atoms with Gasteiger partial charge in [-0.1, -0.05) is 36.7 Å². The summed E-state index contributed by atoms with van der Waals surface area (Å²) in [6.07, 6.45) is 3.35. The van der Waals surface area contributed by atoms with E-state index in [1.54, 1.807) is 48.5 Å². The van der Waals surface area contributed by atoms with Crippen molar-refractivity contribution in [1.29, 1.82) is 0 Å². The minimum absolute atomic E-state index is 0.0354. The number of aliphatic hydroxyl groups is 1. The summed E-state index contributed by atoms with van der Waals surface area (Å²) in [5.41, 5.74) is 1.34. The number of halogens is 1. The summed E-state index contributed by atoms with van der Waals surface area (Å²) in [7, 11) is -3.97. The molecule has 1 aromatic heterocycles. The van der Waals surface area contributed by atoms with Crippen LogP contribution in [0, 0.1) is 0 Å². The first-order valence-corrected chi connectivity index (χ1v) is 11.9. The second kappa shape index (κ2) is 10.6. The number of nitrogens with zero attached hydrogens (tertiary/aromatic N) is 2. The lowest BCUT2D eigenvalue weighted by molar-refractivity contribution is 0.0915. The molecule has 32 heavy (non-hydrogen) atoms. The first-order valence-electron chi connectivity index (χ1n) is 10.0. The zero-order chi connectivity index (χ0) is 23.1. The number of aliphatic hydroxyl groups excluding tert-OH is 1. The molecule has 0 saturated carbocycles. The van der Waals surface area contributed by atoms with Crippen LogP contribution in [0.4, 0.5) is 5.69 Å². The number of rotatable bonds is 9. The number of hydrogen-bond donors (Lipinski definition) is 2. The van der Waals surface area contributed by atoms with Crippen molar-refractivity contribution in [2.45, 2.75) is 30.8 Å². The maximum Gasteiger partial charge on any atom is 0.266 e.